The van der Waals surface area contributed by atoms with Crippen LogP contribution in [0.3, 0.4) is 0 Å². The normalized spacial score (nSPS) is 14.4. The molecule has 0 spiro atoms. The van der Waals surface area contributed by atoms with Gasteiger partial charge in [0.25, 0.3) is 0 Å². The monoisotopic (exact) mass is 608 g/mol. The summed E-state index contributed by atoms with van der Waals surface area (Å²) in [7, 11) is 10.3. The van der Waals surface area contributed by atoms with Gasteiger partial charge in [0, 0.05) is 26.2 Å². The molecule has 44 heavy (non-hydrogen) atoms. The second kappa shape index (κ2) is 13.9. The molecule has 2 aromatic carbocycles. The lowest BCUT2D eigenvalue weighted by Gasteiger charge is -2.34. The van der Waals surface area contributed by atoms with E-state index in [-0.39, 0.29) is 0 Å². The highest BCUT2D eigenvalue weighted by molar-refractivity contribution is 5.96. The SMILES string of the molecule is COc1c(C)ccc2c1c(OC)c(CCCN1CCN(CCCc3c(OC)c4c(OC)c(C)ccc4n3OC)CC1)n2OC. The van der Waals surface area contributed by atoms with Gasteiger partial charge in [-0.3, -0.25) is 0 Å². The van der Waals surface area contributed by atoms with Gasteiger partial charge in [-0.1, -0.05) is 12.1 Å². The predicted octanol–water partition coefficient (Wildman–Crippen LogP) is 4.55. The van der Waals surface area contributed by atoms with Crippen LogP contribution in [-0.2, 0) is 12.8 Å². The van der Waals surface area contributed by atoms with Crippen molar-refractivity contribution < 1.29 is 28.6 Å². The van der Waals surface area contributed by atoms with Crippen LogP contribution in [0.2, 0.25) is 0 Å². The van der Waals surface area contributed by atoms with Crippen LogP contribution in [0.4, 0.5) is 0 Å². The van der Waals surface area contributed by atoms with Gasteiger partial charge in [0.05, 0.1) is 50.2 Å². The highest BCUT2D eigenvalue weighted by Gasteiger charge is 2.25. The van der Waals surface area contributed by atoms with Crippen molar-refractivity contribution in [2.24, 2.45) is 0 Å². The molecule has 0 bridgehead atoms. The van der Waals surface area contributed by atoms with Crippen molar-refractivity contribution in [3.8, 4) is 23.0 Å². The summed E-state index contributed by atoms with van der Waals surface area (Å²) < 4.78 is 27.1. The fraction of sp³-hybridized carbons (Fsp3) is 0.529. The summed E-state index contributed by atoms with van der Waals surface area (Å²) in [5.74, 6) is 3.35. The molecule has 0 radical (unpaired) electrons. The molecule has 1 saturated heterocycles. The smallest absolute Gasteiger partial charge is 0.154 e. The van der Waals surface area contributed by atoms with E-state index < -0.39 is 0 Å². The number of aryl methyl sites for hydroxylation is 2. The molecular formula is C34H48N4O6. The maximum atomic E-state index is 5.90. The summed E-state index contributed by atoms with van der Waals surface area (Å²) in [6.07, 6.45) is 3.74. The Kier molecular flexibility index (Phi) is 10.0. The lowest BCUT2D eigenvalue weighted by atomic mass is 10.1. The second-order valence-electron chi connectivity index (χ2n) is 11.4. The first kappa shape index (κ1) is 31.7. The quantitative estimate of drug-likeness (QED) is 0.207. The Hall–Kier alpha value is -3.76. The number of fused-ring (bicyclic) bond motifs is 2. The molecule has 10 nitrogen and oxygen atoms in total. The molecule has 5 rings (SSSR count). The van der Waals surface area contributed by atoms with Crippen LogP contribution in [-0.4, -0.2) is 101 Å². The van der Waals surface area contributed by atoms with Crippen molar-refractivity contribution in [3.05, 3.63) is 46.8 Å². The fourth-order valence-electron chi connectivity index (χ4n) is 6.88. The molecule has 1 aliphatic rings. The van der Waals surface area contributed by atoms with Gasteiger partial charge in [-0.15, -0.1) is 0 Å². The molecule has 10 heteroatoms. The van der Waals surface area contributed by atoms with E-state index in [9.17, 15) is 0 Å². The molecule has 4 aromatic rings. The second-order valence-corrected chi connectivity index (χ2v) is 11.4. The number of hydrogen-bond donors (Lipinski definition) is 0. The Bertz CT molecular complexity index is 1470. The lowest BCUT2D eigenvalue weighted by molar-refractivity contribution is 0.127. The first-order valence-corrected chi connectivity index (χ1v) is 15.5. The first-order valence-electron chi connectivity index (χ1n) is 15.5. The third-order valence-electron chi connectivity index (χ3n) is 8.99. The van der Waals surface area contributed by atoms with Crippen LogP contribution in [0.15, 0.2) is 24.3 Å². The van der Waals surface area contributed by atoms with Crippen LogP contribution >= 0.6 is 0 Å². The summed E-state index contributed by atoms with van der Waals surface area (Å²) in [6.45, 7) is 10.4. The number of benzene rings is 2. The molecule has 0 atom stereocenters. The molecule has 0 aliphatic carbocycles. The Morgan fingerprint density at radius 1 is 0.523 bits per heavy atom. The molecule has 0 amide bonds. The fourth-order valence-corrected chi connectivity index (χ4v) is 6.88. The van der Waals surface area contributed by atoms with Crippen molar-refractivity contribution in [1.82, 2.24) is 19.3 Å². The van der Waals surface area contributed by atoms with Crippen molar-refractivity contribution >= 4 is 21.8 Å². The van der Waals surface area contributed by atoms with Crippen LogP contribution in [0.25, 0.3) is 21.8 Å². The minimum absolute atomic E-state index is 0.837. The molecule has 1 aliphatic heterocycles. The van der Waals surface area contributed by atoms with Crippen LogP contribution in [0, 0.1) is 13.8 Å². The van der Waals surface area contributed by atoms with Gasteiger partial charge >= 0.3 is 0 Å². The zero-order valence-corrected chi connectivity index (χ0v) is 27.6. The zero-order valence-electron chi connectivity index (χ0n) is 27.6. The minimum Gasteiger partial charge on any atom is -0.496 e. The van der Waals surface area contributed by atoms with Crippen molar-refractivity contribution in [2.75, 3.05) is 81.9 Å². The Morgan fingerprint density at radius 3 is 1.20 bits per heavy atom. The largest absolute Gasteiger partial charge is 0.496 e. The van der Waals surface area contributed by atoms with Gasteiger partial charge in [0.2, 0.25) is 0 Å². The molecule has 0 unspecified atom stereocenters. The van der Waals surface area contributed by atoms with E-state index in [1.165, 1.54) is 0 Å². The number of rotatable bonds is 14. The molecule has 3 heterocycles. The van der Waals surface area contributed by atoms with E-state index >= 15 is 0 Å². The van der Waals surface area contributed by atoms with E-state index in [0.29, 0.717) is 0 Å². The number of ether oxygens (including phenoxy) is 4. The number of methoxy groups -OCH3 is 4. The van der Waals surface area contributed by atoms with Crippen molar-refractivity contribution in [1.29, 1.82) is 0 Å². The van der Waals surface area contributed by atoms with E-state index in [4.69, 9.17) is 28.6 Å². The van der Waals surface area contributed by atoms with Gasteiger partial charge in [0.1, 0.15) is 37.1 Å². The van der Waals surface area contributed by atoms with E-state index in [0.717, 1.165) is 132 Å². The average molecular weight is 609 g/mol. The van der Waals surface area contributed by atoms with Gasteiger partial charge in [-0.25, -0.2) is 0 Å². The zero-order chi connectivity index (χ0) is 31.4. The summed E-state index contributed by atoms with van der Waals surface area (Å²) in [5, 5.41) is 1.94. The molecular weight excluding hydrogens is 560 g/mol. The summed E-state index contributed by atoms with van der Waals surface area (Å²) >= 11 is 0. The van der Waals surface area contributed by atoms with E-state index in [2.05, 4.69) is 47.9 Å². The molecule has 1 fully saturated rings. The Morgan fingerprint density at radius 2 is 0.886 bits per heavy atom. The summed E-state index contributed by atoms with van der Waals surface area (Å²) in [4.78, 5) is 16.7. The van der Waals surface area contributed by atoms with Crippen molar-refractivity contribution in [2.45, 2.75) is 39.5 Å². The summed E-state index contributed by atoms with van der Waals surface area (Å²) in [6, 6.07) is 8.27. The van der Waals surface area contributed by atoms with E-state index in [1.807, 2.05) is 9.46 Å². The lowest BCUT2D eigenvalue weighted by Crippen LogP contribution is -2.46. The predicted molar refractivity (Wildman–Crippen MR) is 174 cm³/mol. The minimum atomic E-state index is 0.837. The number of piperazine rings is 1. The van der Waals surface area contributed by atoms with Gasteiger partial charge in [-0.05, 0) is 75.9 Å². The first-order chi connectivity index (χ1) is 21.4. The third-order valence-corrected chi connectivity index (χ3v) is 8.99. The molecule has 2 aromatic heterocycles. The number of aromatic nitrogens is 2. The van der Waals surface area contributed by atoms with Crippen molar-refractivity contribution in [3.63, 3.8) is 0 Å². The van der Waals surface area contributed by atoms with Gasteiger partial charge in [-0.2, -0.15) is 9.46 Å². The molecule has 0 saturated carbocycles. The highest BCUT2D eigenvalue weighted by atomic mass is 16.7. The van der Waals surface area contributed by atoms with Crippen LogP contribution < -0.4 is 28.6 Å². The van der Waals surface area contributed by atoms with Crippen LogP contribution in [0.5, 0.6) is 23.0 Å². The maximum Gasteiger partial charge on any atom is 0.154 e. The van der Waals surface area contributed by atoms with E-state index in [1.54, 1.807) is 42.7 Å². The number of nitrogens with zero attached hydrogens (tertiary/aromatic N) is 4. The standard InChI is InChI=1S/C34H48N4O6/c1-23-13-15-25-29(31(23)39-3)33(41-5)27(37(25)43-7)11-9-17-35-19-21-36(22-20-35)18-10-12-28-34(42-6)30-26(38(28)44-8)16-14-24(2)32(30)40-4/h13-16H,9-12,17-22H2,1-8H3. The Labute approximate surface area is 260 Å². The topological polar surface area (TPSA) is 71.7 Å². The Balaban J connectivity index is 1.16. The number of hydrogen-bond acceptors (Lipinski definition) is 8. The molecule has 0 N–H and O–H groups in total. The average Bonchev–Trinajstić information content (AvgIpc) is 3.52. The van der Waals surface area contributed by atoms with Gasteiger partial charge in [0.15, 0.2) is 11.5 Å². The van der Waals surface area contributed by atoms with Crippen LogP contribution in [0.1, 0.15) is 35.4 Å². The third kappa shape index (κ3) is 5.73. The van der Waals surface area contributed by atoms with Gasteiger partial charge < -0.3 is 38.4 Å². The maximum absolute atomic E-state index is 5.90. The molecule has 240 valence electrons. The highest BCUT2D eigenvalue weighted by Crippen LogP contribution is 2.42. The summed E-state index contributed by atoms with van der Waals surface area (Å²) in [5.41, 5.74) is 6.17.